The molecule has 0 amide bonds. The second-order valence-corrected chi connectivity index (χ2v) is 8.01. The first-order valence-electron chi connectivity index (χ1n) is 6.20. The molecule has 4 nitrogen and oxygen atoms in total. The minimum absolute atomic E-state index is 0.0762. The summed E-state index contributed by atoms with van der Waals surface area (Å²) in [4.78, 5) is 0.283. The van der Waals surface area contributed by atoms with Crippen molar-refractivity contribution in [1.82, 2.24) is 4.72 Å². The van der Waals surface area contributed by atoms with Gasteiger partial charge in [-0.2, -0.15) is 0 Å². The van der Waals surface area contributed by atoms with Gasteiger partial charge in [-0.1, -0.05) is 22.0 Å². The lowest BCUT2D eigenvalue weighted by atomic mass is 9.95. The van der Waals surface area contributed by atoms with Crippen LogP contribution in [-0.2, 0) is 14.8 Å². The molecule has 1 aromatic carbocycles. The fourth-order valence-corrected chi connectivity index (χ4v) is 4.12. The molecule has 6 heteroatoms. The van der Waals surface area contributed by atoms with Crippen molar-refractivity contribution in [1.29, 1.82) is 0 Å². The topological polar surface area (TPSA) is 55.4 Å². The summed E-state index contributed by atoms with van der Waals surface area (Å²) in [6.07, 6.45) is 1.39. The Kier molecular flexibility index (Phi) is 4.35. The minimum Gasteiger partial charge on any atom is -0.375 e. The molecule has 1 aliphatic heterocycles. The number of ether oxygens (including phenoxy) is 1. The van der Waals surface area contributed by atoms with Gasteiger partial charge in [-0.05, 0) is 44.9 Å². The van der Waals surface area contributed by atoms with Gasteiger partial charge in [-0.15, -0.1) is 0 Å². The van der Waals surface area contributed by atoms with Crippen molar-refractivity contribution in [2.75, 3.05) is 6.61 Å². The maximum Gasteiger partial charge on any atom is 0.240 e. The van der Waals surface area contributed by atoms with Crippen molar-refractivity contribution in [3.63, 3.8) is 0 Å². The van der Waals surface area contributed by atoms with Crippen LogP contribution in [0.3, 0.4) is 0 Å². The Bertz CT molecular complexity index is 557. The molecule has 1 aliphatic rings. The molecule has 1 fully saturated rings. The van der Waals surface area contributed by atoms with Gasteiger partial charge in [0.25, 0.3) is 0 Å². The molecule has 0 radical (unpaired) electrons. The molecule has 1 unspecified atom stereocenters. The molecule has 1 atom stereocenters. The van der Waals surface area contributed by atoms with E-state index >= 15 is 0 Å². The van der Waals surface area contributed by atoms with Crippen LogP contribution in [0.1, 0.15) is 26.7 Å². The molecule has 1 saturated heterocycles. The summed E-state index contributed by atoms with van der Waals surface area (Å²) in [7, 11) is -3.47. The lowest BCUT2D eigenvalue weighted by Gasteiger charge is -2.35. The van der Waals surface area contributed by atoms with E-state index in [0.29, 0.717) is 19.4 Å². The number of nitrogens with one attached hydrogen (secondary N) is 1. The zero-order valence-corrected chi connectivity index (χ0v) is 13.4. The standard InChI is InChI=1S/C13H18BrNO3S/c1-13(2)9-11(6-7-18-13)15-19(16,17)12-5-3-4-10(14)8-12/h3-5,8,11,15H,6-7,9H2,1-2H3. The van der Waals surface area contributed by atoms with E-state index in [1.165, 1.54) is 0 Å². The fourth-order valence-electron chi connectivity index (χ4n) is 2.25. The third kappa shape index (κ3) is 4.02. The van der Waals surface area contributed by atoms with Crippen molar-refractivity contribution in [3.8, 4) is 0 Å². The number of hydrogen-bond acceptors (Lipinski definition) is 3. The Labute approximate surface area is 122 Å². The summed E-state index contributed by atoms with van der Waals surface area (Å²) in [6, 6.07) is 6.64. The number of sulfonamides is 1. The summed E-state index contributed by atoms with van der Waals surface area (Å²) in [5, 5.41) is 0. The first kappa shape index (κ1) is 15.0. The second-order valence-electron chi connectivity index (χ2n) is 5.38. The third-order valence-corrected chi connectivity index (χ3v) is 5.14. The molecule has 1 aromatic rings. The Balaban J connectivity index is 2.13. The van der Waals surface area contributed by atoms with Gasteiger partial charge in [0.05, 0.1) is 10.5 Å². The van der Waals surface area contributed by atoms with Gasteiger partial charge in [-0.25, -0.2) is 13.1 Å². The highest BCUT2D eigenvalue weighted by Crippen LogP contribution is 2.25. The molecular weight excluding hydrogens is 330 g/mol. The normalized spacial score (nSPS) is 23.2. The van der Waals surface area contributed by atoms with Crippen LogP contribution in [0.15, 0.2) is 33.6 Å². The lowest BCUT2D eigenvalue weighted by Crippen LogP contribution is -2.45. The monoisotopic (exact) mass is 347 g/mol. The summed E-state index contributed by atoms with van der Waals surface area (Å²) in [6.45, 7) is 4.54. The summed E-state index contributed by atoms with van der Waals surface area (Å²) in [5.74, 6) is 0. The molecule has 0 bridgehead atoms. The van der Waals surface area contributed by atoms with Gasteiger partial charge in [-0.3, -0.25) is 0 Å². The maximum atomic E-state index is 12.3. The molecule has 2 rings (SSSR count). The second kappa shape index (κ2) is 5.52. The number of rotatable bonds is 3. The summed E-state index contributed by atoms with van der Waals surface area (Å²) < 4.78 is 33.7. The van der Waals surface area contributed by atoms with Crippen molar-refractivity contribution in [2.45, 2.75) is 43.2 Å². The van der Waals surface area contributed by atoms with Gasteiger partial charge < -0.3 is 4.74 Å². The largest absolute Gasteiger partial charge is 0.375 e. The lowest BCUT2D eigenvalue weighted by molar-refractivity contribution is -0.0599. The minimum atomic E-state index is -3.47. The van der Waals surface area contributed by atoms with Crippen molar-refractivity contribution in [3.05, 3.63) is 28.7 Å². The molecular formula is C13H18BrNO3S. The fraction of sp³-hybridized carbons (Fsp3) is 0.538. The van der Waals surface area contributed by atoms with Crippen LogP contribution in [0, 0.1) is 0 Å². The van der Waals surface area contributed by atoms with Gasteiger partial charge in [0.15, 0.2) is 0 Å². The van der Waals surface area contributed by atoms with Gasteiger partial charge in [0, 0.05) is 17.1 Å². The SMILES string of the molecule is CC1(C)CC(NS(=O)(=O)c2cccc(Br)c2)CCO1. The van der Waals surface area contributed by atoms with E-state index in [-0.39, 0.29) is 16.5 Å². The molecule has 1 N–H and O–H groups in total. The molecule has 1 heterocycles. The quantitative estimate of drug-likeness (QED) is 0.914. The zero-order valence-electron chi connectivity index (χ0n) is 11.0. The van der Waals surface area contributed by atoms with E-state index < -0.39 is 10.0 Å². The van der Waals surface area contributed by atoms with E-state index in [0.717, 1.165) is 4.47 Å². The van der Waals surface area contributed by atoms with E-state index in [1.54, 1.807) is 24.3 Å². The zero-order chi connectivity index (χ0) is 14.1. The average molecular weight is 348 g/mol. The van der Waals surface area contributed by atoms with Gasteiger partial charge >= 0.3 is 0 Å². The average Bonchev–Trinajstić information content (AvgIpc) is 2.27. The highest BCUT2D eigenvalue weighted by molar-refractivity contribution is 9.10. The first-order valence-corrected chi connectivity index (χ1v) is 8.48. The highest BCUT2D eigenvalue weighted by atomic mass is 79.9. The molecule has 0 aromatic heterocycles. The number of halogens is 1. The highest BCUT2D eigenvalue weighted by Gasteiger charge is 2.31. The van der Waals surface area contributed by atoms with Crippen LogP contribution in [0.4, 0.5) is 0 Å². The van der Waals surface area contributed by atoms with Crippen LogP contribution >= 0.6 is 15.9 Å². The predicted octanol–water partition coefficient (Wildman–Crippen LogP) is 2.69. The van der Waals surface area contributed by atoms with Gasteiger partial charge in [0.2, 0.25) is 10.0 Å². The Hall–Kier alpha value is -0.430. The number of benzene rings is 1. The summed E-state index contributed by atoms with van der Waals surface area (Å²) in [5.41, 5.74) is -0.275. The van der Waals surface area contributed by atoms with Crippen LogP contribution in [0.5, 0.6) is 0 Å². The van der Waals surface area contributed by atoms with Gasteiger partial charge in [0.1, 0.15) is 0 Å². The van der Waals surface area contributed by atoms with E-state index in [9.17, 15) is 8.42 Å². The van der Waals surface area contributed by atoms with E-state index in [2.05, 4.69) is 20.7 Å². The smallest absolute Gasteiger partial charge is 0.240 e. The van der Waals surface area contributed by atoms with Crippen molar-refractivity contribution in [2.24, 2.45) is 0 Å². The molecule has 0 saturated carbocycles. The predicted molar refractivity (Wildman–Crippen MR) is 77.5 cm³/mol. The summed E-state index contributed by atoms with van der Waals surface area (Å²) >= 11 is 3.29. The molecule has 106 valence electrons. The first-order chi connectivity index (χ1) is 8.78. The maximum absolute atomic E-state index is 12.3. The van der Waals surface area contributed by atoms with E-state index in [1.807, 2.05) is 13.8 Å². The molecule has 0 aliphatic carbocycles. The van der Waals surface area contributed by atoms with Crippen LogP contribution in [-0.4, -0.2) is 26.7 Å². The van der Waals surface area contributed by atoms with Crippen molar-refractivity contribution < 1.29 is 13.2 Å². The molecule has 0 spiro atoms. The third-order valence-electron chi connectivity index (χ3n) is 3.13. The molecule has 19 heavy (non-hydrogen) atoms. The van der Waals surface area contributed by atoms with Crippen molar-refractivity contribution >= 4 is 26.0 Å². The number of hydrogen-bond donors (Lipinski definition) is 1. The van der Waals surface area contributed by atoms with Crippen LogP contribution in [0.25, 0.3) is 0 Å². The Morgan fingerprint density at radius 2 is 2.16 bits per heavy atom. The van der Waals surface area contributed by atoms with Crippen LogP contribution in [0.2, 0.25) is 0 Å². The van der Waals surface area contributed by atoms with Crippen LogP contribution < -0.4 is 4.72 Å². The Morgan fingerprint density at radius 1 is 1.42 bits per heavy atom. The Morgan fingerprint density at radius 3 is 2.79 bits per heavy atom. The van der Waals surface area contributed by atoms with E-state index in [4.69, 9.17) is 4.74 Å².